The average Bonchev–Trinajstić information content (AvgIpc) is 2.64. The fourth-order valence-electron chi connectivity index (χ4n) is 2.55. The minimum atomic E-state index is 0.691. The van der Waals surface area contributed by atoms with Crippen molar-refractivity contribution in [1.82, 2.24) is 4.90 Å². The first kappa shape index (κ1) is 12.8. The molecule has 1 heteroatoms. The standard InChI is InChI=1S/C14H27N/c1-4-5-6-7-8-12-15(3)14-11-9-10-13(14)2/h14H,2,4-12H2,1,3H3. The first-order chi connectivity index (χ1) is 7.25. The fourth-order valence-corrected chi connectivity index (χ4v) is 2.55. The summed E-state index contributed by atoms with van der Waals surface area (Å²) in [6.45, 7) is 7.70. The summed E-state index contributed by atoms with van der Waals surface area (Å²) in [5, 5.41) is 0. The van der Waals surface area contributed by atoms with E-state index in [2.05, 4.69) is 25.5 Å². The number of hydrogen-bond donors (Lipinski definition) is 0. The van der Waals surface area contributed by atoms with Crippen LogP contribution in [-0.2, 0) is 0 Å². The van der Waals surface area contributed by atoms with Gasteiger partial charge in [0.15, 0.2) is 0 Å². The summed E-state index contributed by atoms with van der Waals surface area (Å²) in [5.74, 6) is 0. The van der Waals surface area contributed by atoms with Gasteiger partial charge in [0, 0.05) is 6.04 Å². The van der Waals surface area contributed by atoms with E-state index in [0.29, 0.717) is 6.04 Å². The molecule has 0 spiro atoms. The van der Waals surface area contributed by atoms with Crippen molar-refractivity contribution in [3.63, 3.8) is 0 Å². The van der Waals surface area contributed by atoms with Crippen LogP contribution in [0.2, 0.25) is 0 Å². The Hall–Kier alpha value is -0.300. The first-order valence-corrected chi connectivity index (χ1v) is 6.63. The molecule has 0 aromatic rings. The van der Waals surface area contributed by atoms with Crippen LogP contribution in [0.3, 0.4) is 0 Å². The minimum absolute atomic E-state index is 0.691. The molecule has 1 unspecified atom stereocenters. The SMILES string of the molecule is C=C1CCCC1N(C)CCCCCCC. The molecular formula is C14H27N. The number of rotatable bonds is 7. The highest BCUT2D eigenvalue weighted by Gasteiger charge is 2.22. The van der Waals surface area contributed by atoms with Crippen LogP contribution in [0.4, 0.5) is 0 Å². The normalized spacial score (nSPS) is 21.5. The molecule has 1 aliphatic rings. The van der Waals surface area contributed by atoms with Crippen LogP contribution in [0.25, 0.3) is 0 Å². The molecule has 1 atom stereocenters. The van der Waals surface area contributed by atoms with Crippen LogP contribution >= 0.6 is 0 Å². The smallest absolute Gasteiger partial charge is 0.0301 e. The number of unbranched alkanes of at least 4 members (excludes halogenated alkanes) is 4. The van der Waals surface area contributed by atoms with E-state index in [0.717, 1.165) is 0 Å². The summed E-state index contributed by atoms with van der Waals surface area (Å²) < 4.78 is 0. The summed E-state index contributed by atoms with van der Waals surface area (Å²) in [6.07, 6.45) is 10.9. The van der Waals surface area contributed by atoms with Crippen LogP contribution in [-0.4, -0.2) is 24.5 Å². The molecule has 0 heterocycles. The zero-order chi connectivity index (χ0) is 11.1. The van der Waals surface area contributed by atoms with E-state index in [1.807, 2.05) is 0 Å². The molecule has 1 fully saturated rings. The highest BCUT2D eigenvalue weighted by molar-refractivity contribution is 5.10. The number of hydrogen-bond acceptors (Lipinski definition) is 1. The third kappa shape index (κ3) is 4.38. The summed E-state index contributed by atoms with van der Waals surface area (Å²) >= 11 is 0. The van der Waals surface area contributed by atoms with Gasteiger partial charge < -0.3 is 0 Å². The van der Waals surface area contributed by atoms with Gasteiger partial charge in [-0.1, -0.05) is 44.8 Å². The van der Waals surface area contributed by atoms with Crippen molar-refractivity contribution in [3.8, 4) is 0 Å². The quantitative estimate of drug-likeness (QED) is 0.452. The van der Waals surface area contributed by atoms with E-state index < -0.39 is 0 Å². The lowest BCUT2D eigenvalue weighted by atomic mass is 10.1. The van der Waals surface area contributed by atoms with Crippen LogP contribution in [0, 0.1) is 0 Å². The predicted octanol–water partition coefficient (Wildman–Crippen LogP) is 4.00. The molecule has 0 aliphatic heterocycles. The molecule has 1 saturated carbocycles. The monoisotopic (exact) mass is 209 g/mol. The van der Waals surface area contributed by atoms with Crippen molar-refractivity contribution < 1.29 is 0 Å². The van der Waals surface area contributed by atoms with Crippen molar-refractivity contribution in [1.29, 1.82) is 0 Å². The summed E-state index contributed by atoms with van der Waals surface area (Å²) in [7, 11) is 2.26. The third-order valence-corrected chi connectivity index (χ3v) is 3.59. The van der Waals surface area contributed by atoms with Crippen LogP contribution in [0.5, 0.6) is 0 Å². The second-order valence-corrected chi connectivity index (χ2v) is 4.96. The van der Waals surface area contributed by atoms with Gasteiger partial charge in [-0.15, -0.1) is 0 Å². The van der Waals surface area contributed by atoms with E-state index >= 15 is 0 Å². The van der Waals surface area contributed by atoms with E-state index in [-0.39, 0.29) is 0 Å². The second kappa shape index (κ2) is 7.05. The molecule has 0 aromatic heterocycles. The van der Waals surface area contributed by atoms with Gasteiger partial charge in [0.2, 0.25) is 0 Å². The summed E-state index contributed by atoms with van der Waals surface area (Å²) in [5.41, 5.74) is 1.46. The molecule has 88 valence electrons. The molecule has 1 rings (SSSR count). The van der Waals surface area contributed by atoms with Gasteiger partial charge >= 0.3 is 0 Å². The van der Waals surface area contributed by atoms with E-state index in [9.17, 15) is 0 Å². The Bertz CT molecular complexity index is 186. The Kier molecular flexibility index (Phi) is 6.00. The van der Waals surface area contributed by atoms with Crippen LogP contribution in [0.15, 0.2) is 12.2 Å². The van der Waals surface area contributed by atoms with Crippen LogP contribution < -0.4 is 0 Å². The Labute approximate surface area is 95.5 Å². The number of likely N-dealkylation sites (N-methyl/N-ethyl adjacent to an activating group) is 1. The van der Waals surface area contributed by atoms with Crippen molar-refractivity contribution in [2.24, 2.45) is 0 Å². The molecule has 0 bridgehead atoms. The fraction of sp³-hybridized carbons (Fsp3) is 0.857. The highest BCUT2D eigenvalue weighted by Crippen LogP contribution is 2.27. The maximum atomic E-state index is 4.17. The second-order valence-electron chi connectivity index (χ2n) is 4.96. The molecule has 0 amide bonds. The first-order valence-electron chi connectivity index (χ1n) is 6.63. The van der Waals surface area contributed by atoms with Gasteiger partial charge in [-0.2, -0.15) is 0 Å². The molecule has 0 radical (unpaired) electrons. The van der Waals surface area contributed by atoms with Gasteiger partial charge in [-0.25, -0.2) is 0 Å². The average molecular weight is 209 g/mol. The van der Waals surface area contributed by atoms with E-state index in [1.54, 1.807) is 0 Å². The molecule has 0 saturated heterocycles. The maximum absolute atomic E-state index is 4.17. The largest absolute Gasteiger partial charge is 0.300 e. The Morgan fingerprint density at radius 1 is 1.27 bits per heavy atom. The third-order valence-electron chi connectivity index (χ3n) is 3.59. The highest BCUT2D eigenvalue weighted by atomic mass is 15.1. The van der Waals surface area contributed by atoms with Gasteiger partial charge in [-0.05, 0) is 39.3 Å². The Morgan fingerprint density at radius 3 is 2.60 bits per heavy atom. The van der Waals surface area contributed by atoms with Crippen molar-refractivity contribution >= 4 is 0 Å². The maximum Gasteiger partial charge on any atom is 0.0301 e. The molecular weight excluding hydrogens is 182 g/mol. The lowest BCUT2D eigenvalue weighted by Gasteiger charge is -2.25. The van der Waals surface area contributed by atoms with Gasteiger partial charge in [0.1, 0.15) is 0 Å². The lowest BCUT2D eigenvalue weighted by molar-refractivity contribution is 0.268. The molecule has 0 aromatic carbocycles. The summed E-state index contributed by atoms with van der Waals surface area (Å²) in [6, 6.07) is 0.691. The summed E-state index contributed by atoms with van der Waals surface area (Å²) in [4.78, 5) is 2.52. The number of nitrogens with zero attached hydrogens (tertiary/aromatic N) is 1. The minimum Gasteiger partial charge on any atom is -0.300 e. The molecule has 1 nitrogen and oxygen atoms in total. The molecule has 0 N–H and O–H groups in total. The lowest BCUT2D eigenvalue weighted by Crippen LogP contribution is -2.31. The van der Waals surface area contributed by atoms with Gasteiger partial charge in [-0.3, -0.25) is 4.90 Å². The van der Waals surface area contributed by atoms with E-state index in [1.165, 1.54) is 63.5 Å². The zero-order valence-corrected chi connectivity index (χ0v) is 10.6. The molecule has 15 heavy (non-hydrogen) atoms. The molecule has 1 aliphatic carbocycles. The zero-order valence-electron chi connectivity index (χ0n) is 10.6. The van der Waals surface area contributed by atoms with Crippen molar-refractivity contribution in [3.05, 3.63) is 12.2 Å². The van der Waals surface area contributed by atoms with Crippen molar-refractivity contribution in [2.45, 2.75) is 64.3 Å². The van der Waals surface area contributed by atoms with Gasteiger partial charge in [0.25, 0.3) is 0 Å². The Balaban J connectivity index is 2.07. The van der Waals surface area contributed by atoms with E-state index in [4.69, 9.17) is 0 Å². The topological polar surface area (TPSA) is 3.24 Å². The Morgan fingerprint density at radius 2 is 2.00 bits per heavy atom. The van der Waals surface area contributed by atoms with Crippen LogP contribution in [0.1, 0.15) is 58.3 Å². The van der Waals surface area contributed by atoms with Gasteiger partial charge in [0.05, 0.1) is 0 Å². The van der Waals surface area contributed by atoms with Crippen molar-refractivity contribution in [2.75, 3.05) is 13.6 Å². The predicted molar refractivity (Wildman–Crippen MR) is 68.2 cm³/mol.